The van der Waals surface area contributed by atoms with E-state index in [1.807, 2.05) is 0 Å². The first kappa shape index (κ1) is 16.2. The van der Waals surface area contributed by atoms with Gasteiger partial charge in [-0.05, 0) is 18.2 Å². The maximum absolute atomic E-state index is 11.7. The number of carboxylic acid groups (broad SMARTS) is 2. The van der Waals surface area contributed by atoms with Crippen LogP contribution in [0.5, 0.6) is 0 Å². The second-order valence-electron chi connectivity index (χ2n) is 4.33. The minimum absolute atomic E-state index is 0.0363. The Morgan fingerprint density at radius 3 is 1.90 bits per heavy atom. The Bertz CT molecular complexity index is 578. The topological polar surface area (TPSA) is 124 Å². The largest absolute Gasteiger partial charge is 0.478 e. The van der Waals surface area contributed by atoms with Crippen molar-refractivity contribution in [3.8, 4) is 0 Å². The van der Waals surface area contributed by atoms with Crippen LogP contribution in [0.15, 0.2) is 18.2 Å². The molecule has 0 atom stereocenters. The smallest absolute Gasteiger partial charge is 0.335 e. The highest BCUT2D eigenvalue weighted by molar-refractivity contribution is 5.99. The summed E-state index contributed by atoms with van der Waals surface area (Å²) < 4.78 is 0. The molecule has 1 aromatic carbocycles. The lowest BCUT2D eigenvalue weighted by Crippen LogP contribution is -2.33. The van der Waals surface area contributed by atoms with Gasteiger partial charge in [0, 0.05) is 19.7 Å². The van der Waals surface area contributed by atoms with Crippen LogP contribution in [0.3, 0.4) is 0 Å². The van der Waals surface area contributed by atoms with Crippen LogP contribution in [0.4, 0.5) is 5.69 Å². The highest BCUT2D eigenvalue weighted by Gasteiger charge is 2.14. The number of hydrogen-bond donors (Lipinski definition) is 3. The lowest BCUT2D eigenvalue weighted by Gasteiger charge is -2.14. The molecule has 3 N–H and O–H groups in total. The van der Waals surface area contributed by atoms with Crippen LogP contribution in [0, 0.1) is 0 Å². The van der Waals surface area contributed by atoms with Gasteiger partial charge < -0.3 is 20.4 Å². The molecule has 1 aromatic rings. The van der Waals surface area contributed by atoms with Crippen LogP contribution in [0.25, 0.3) is 0 Å². The fourth-order valence-electron chi connectivity index (χ4n) is 1.47. The molecule has 0 aliphatic rings. The van der Waals surface area contributed by atoms with Crippen molar-refractivity contribution in [3.63, 3.8) is 0 Å². The van der Waals surface area contributed by atoms with E-state index in [0.717, 1.165) is 23.1 Å². The van der Waals surface area contributed by atoms with E-state index in [-0.39, 0.29) is 29.3 Å². The molecule has 0 bridgehead atoms. The van der Waals surface area contributed by atoms with Gasteiger partial charge in [0.1, 0.15) is 0 Å². The third-order valence-electron chi connectivity index (χ3n) is 2.63. The number of nitrogens with one attached hydrogen (secondary N) is 1. The van der Waals surface area contributed by atoms with Crippen LogP contribution in [0.2, 0.25) is 0 Å². The van der Waals surface area contributed by atoms with Crippen LogP contribution in [-0.4, -0.2) is 52.5 Å². The number of likely N-dealkylation sites (N-methyl/N-ethyl adjacent to an activating group) is 1. The molecule has 112 valence electrons. The minimum atomic E-state index is -1.31. The number of aromatic carboxylic acids is 2. The molecule has 0 radical (unpaired) electrons. The fraction of sp³-hybridized carbons (Fsp3) is 0.231. The molecule has 1 rings (SSSR count). The summed E-state index contributed by atoms with van der Waals surface area (Å²) in [6.45, 7) is 1.07. The predicted molar refractivity (Wildman–Crippen MR) is 72.3 cm³/mol. The monoisotopic (exact) mass is 294 g/mol. The summed E-state index contributed by atoms with van der Waals surface area (Å²) in [5, 5.41) is 20.2. The zero-order valence-corrected chi connectivity index (χ0v) is 11.4. The van der Waals surface area contributed by atoms with Crippen molar-refractivity contribution in [1.29, 1.82) is 0 Å². The summed E-state index contributed by atoms with van der Waals surface area (Å²) in [5.74, 6) is -3.49. The average molecular weight is 294 g/mol. The summed E-state index contributed by atoms with van der Waals surface area (Å²) in [7, 11) is 1.43. The Labute approximate surface area is 120 Å². The molecule has 0 aromatic heterocycles. The van der Waals surface area contributed by atoms with Crippen LogP contribution in [-0.2, 0) is 9.59 Å². The number of rotatable bonds is 5. The third-order valence-corrected chi connectivity index (χ3v) is 2.63. The van der Waals surface area contributed by atoms with Crippen molar-refractivity contribution < 1.29 is 29.4 Å². The molecule has 21 heavy (non-hydrogen) atoms. The average Bonchev–Trinajstić information content (AvgIpc) is 2.37. The Morgan fingerprint density at radius 1 is 1.05 bits per heavy atom. The van der Waals surface area contributed by atoms with E-state index in [9.17, 15) is 19.2 Å². The van der Waals surface area contributed by atoms with E-state index in [1.165, 1.54) is 14.0 Å². The molecular formula is C13H14N2O6. The van der Waals surface area contributed by atoms with Crippen molar-refractivity contribution in [2.75, 3.05) is 18.9 Å². The van der Waals surface area contributed by atoms with Gasteiger partial charge in [-0.3, -0.25) is 9.59 Å². The lowest BCUT2D eigenvalue weighted by molar-refractivity contribution is -0.131. The Morgan fingerprint density at radius 2 is 1.52 bits per heavy atom. The number of anilines is 1. The number of carbonyl (C=O) groups excluding carboxylic acids is 2. The minimum Gasteiger partial charge on any atom is -0.478 e. The molecular weight excluding hydrogens is 280 g/mol. The normalized spacial score (nSPS) is 9.81. The number of hydrogen-bond acceptors (Lipinski definition) is 4. The number of benzene rings is 1. The first-order valence-electron chi connectivity index (χ1n) is 5.84. The van der Waals surface area contributed by atoms with E-state index in [1.54, 1.807) is 0 Å². The molecule has 0 saturated carbocycles. The maximum atomic E-state index is 11.7. The highest BCUT2D eigenvalue weighted by Crippen LogP contribution is 2.15. The number of amides is 2. The molecule has 8 heteroatoms. The Balaban J connectivity index is 2.97. The van der Waals surface area contributed by atoms with Crippen molar-refractivity contribution in [2.24, 2.45) is 0 Å². The molecule has 0 aliphatic carbocycles. The molecule has 8 nitrogen and oxygen atoms in total. The summed E-state index contributed by atoms with van der Waals surface area (Å²) in [6, 6.07) is 3.27. The lowest BCUT2D eigenvalue weighted by atomic mass is 10.1. The zero-order chi connectivity index (χ0) is 16.2. The molecule has 0 aliphatic heterocycles. The van der Waals surface area contributed by atoms with Gasteiger partial charge in [-0.25, -0.2) is 9.59 Å². The number of carboxylic acids is 2. The van der Waals surface area contributed by atoms with Gasteiger partial charge in [-0.2, -0.15) is 0 Å². The standard InChI is InChI=1S/C13H14N2O6/c1-7(16)15(2)6-11(17)14-10-4-8(12(18)19)3-9(5-10)13(20)21/h3-5H,6H2,1-2H3,(H,14,17)(H,18,19)(H,20,21). The molecule has 0 saturated heterocycles. The van der Waals surface area contributed by atoms with Gasteiger partial charge in [-0.1, -0.05) is 0 Å². The summed E-state index contributed by atoms with van der Waals surface area (Å²) >= 11 is 0. The fourth-order valence-corrected chi connectivity index (χ4v) is 1.47. The first-order chi connectivity index (χ1) is 9.70. The van der Waals surface area contributed by atoms with E-state index >= 15 is 0 Å². The molecule has 2 amide bonds. The van der Waals surface area contributed by atoms with Gasteiger partial charge >= 0.3 is 11.9 Å². The first-order valence-corrected chi connectivity index (χ1v) is 5.84. The molecule has 0 fully saturated rings. The third kappa shape index (κ3) is 4.60. The van der Waals surface area contributed by atoms with E-state index in [4.69, 9.17) is 10.2 Å². The number of carbonyl (C=O) groups is 4. The molecule has 0 heterocycles. The quantitative estimate of drug-likeness (QED) is 0.726. The SMILES string of the molecule is CC(=O)N(C)CC(=O)Nc1cc(C(=O)O)cc(C(=O)O)c1. The van der Waals surface area contributed by atoms with Crippen molar-refractivity contribution in [2.45, 2.75) is 6.92 Å². The summed E-state index contributed by atoms with van der Waals surface area (Å²) in [4.78, 5) is 45.7. The van der Waals surface area contributed by atoms with Crippen LogP contribution < -0.4 is 5.32 Å². The maximum Gasteiger partial charge on any atom is 0.335 e. The number of nitrogens with zero attached hydrogens (tertiary/aromatic N) is 1. The van der Waals surface area contributed by atoms with Gasteiger partial charge in [0.2, 0.25) is 11.8 Å². The predicted octanol–water partition coefficient (Wildman–Crippen LogP) is 0.500. The van der Waals surface area contributed by atoms with Crippen LogP contribution >= 0.6 is 0 Å². The molecule has 0 spiro atoms. The van der Waals surface area contributed by atoms with Crippen molar-refractivity contribution in [3.05, 3.63) is 29.3 Å². The van der Waals surface area contributed by atoms with Gasteiger partial charge in [-0.15, -0.1) is 0 Å². The summed E-state index contributed by atoms with van der Waals surface area (Å²) in [5.41, 5.74) is -0.482. The second kappa shape index (κ2) is 6.51. The zero-order valence-electron chi connectivity index (χ0n) is 11.4. The van der Waals surface area contributed by atoms with Crippen LogP contribution in [0.1, 0.15) is 27.6 Å². The summed E-state index contributed by atoms with van der Waals surface area (Å²) in [6.07, 6.45) is 0. The second-order valence-corrected chi connectivity index (χ2v) is 4.33. The van der Waals surface area contributed by atoms with Crippen molar-refractivity contribution in [1.82, 2.24) is 4.90 Å². The van der Waals surface area contributed by atoms with Crippen molar-refractivity contribution >= 4 is 29.4 Å². The highest BCUT2D eigenvalue weighted by atomic mass is 16.4. The van der Waals surface area contributed by atoms with Gasteiger partial charge in [0.25, 0.3) is 0 Å². The van der Waals surface area contributed by atoms with Gasteiger partial charge in [0.05, 0.1) is 17.7 Å². The Hall–Kier alpha value is -2.90. The molecule has 0 unspecified atom stereocenters. The Kier molecular flexibility index (Phi) is 5.01. The van der Waals surface area contributed by atoms with Gasteiger partial charge in [0.15, 0.2) is 0 Å². The van der Waals surface area contributed by atoms with E-state index < -0.39 is 17.8 Å². The van der Waals surface area contributed by atoms with E-state index in [0.29, 0.717) is 0 Å². The van der Waals surface area contributed by atoms with E-state index in [2.05, 4.69) is 5.32 Å².